The van der Waals surface area contributed by atoms with E-state index in [4.69, 9.17) is 23.2 Å². The second-order valence-corrected chi connectivity index (χ2v) is 9.88. The molecule has 1 amide bonds. The molecule has 1 aromatic heterocycles. The predicted molar refractivity (Wildman–Crippen MR) is 98.0 cm³/mol. The first-order valence-corrected chi connectivity index (χ1v) is 10.1. The highest BCUT2D eigenvalue weighted by Crippen LogP contribution is 2.35. The van der Waals surface area contributed by atoms with Crippen molar-refractivity contribution in [2.75, 3.05) is 5.32 Å². The first-order chi connectivity index (χ1) is 11.5. The van der Waals surface area contributed by atoms with E-state index in [1.807, 2.05) is 20.8 Å². The first-order valence-electron chi connectivity index (χ1n) is 7.56. The van der Waals surface area contributed by atoms with Gasteiger partial charge in [-0.15, -0.1) is 0 Å². The quantitative estimate of drug-likeness (QED) is 0.832. The van der Waals surface area contributed by atoms with Crippen molar-refractivity contribution in [1.82, 2.24) is 9.78 Å². The van der Waals surface area contributed by atoms with Crippen molar-refractivity contribution in [2.45, 2.75) is 37.8 Å². The topological polar surface area (TPSA) is 81.1 Å². The molecule has 0 radical (unpaired) electrons. The van der Waals surface area contributed by atoms with Crippen LogP contribution in [-0.2, 0) is 26.9 Å². The zero-order valence-corrected chi connectivity index (χ0v) is 16.3. The number of nitrogens with zero attached hydrogens (tertiary/aromatic N) is 2. The van der Waals surface area contributed by atoms with Gasteiger partial charge in [-0.05, 0) is 39.0 Å². The lowest BCUT2D eigenvalue weighted by Gasteiger charge is -2.23. The molecule has 0 atom stereocenters. The third-order valence-corrected chi connectivity index (χ3v) is 5.82. The minimum atomic E-state index is -3.23. The lowest BCUT2D eigenvalue weighted by atomic mass is 10.1. The number of anilines is 1. The number of amides is 1. The molecule has 0 bridgehead atoms. The molecule has 1 aromatic carbocycles. The van der Waals surface area contributed by atoms with Crippen molar-refractivity contribution in [1.29, 1.82) is 0 Å². The van der Waals surface area contributed by atoms with Gasteiger partial charge < -0.3 is 5.32 Å². The first kappa shape index (κ1) is 18.2. The molecule has 0 spiro atoms. The van der Waals surface area contributed by atoms with Crippen molar-refractivity contribution < 1.29 is 13.2 Å². The smallest absolute Gasteiger partial charge is 0.258 e. The summed E-state index contributed by atoms with van der Waals surface area (Å²) >= 11 is 12.0. The van der Waals surface area contributed by atoms with E-state index in [9.17, 15) is 13.2 Å². The maximum Gasteiger partial charge on any atom is 0.258 e. The van der Waals surface area contributed by atoms with Gasteiger partial charge in [-0.25, -0.2) is 13.1 Å². The minimum absolute atomic E-state index is 0.115. The van der Waals surface area contributed by atoms with Crippen LogP contribution in [0, 0.1) is 0 Å². The SMILES string of the molecule is CC(C)(C)n1nc2c(c1NC(=O)c1ccc(Cl)cc1Cl)CS(=O)(=O)C2. The van der Waals surface area contributed by atoms with Gasteiger partial charge in [-0.3, -0.25) is 4.79 Å². The van der Waals surface area contributed by atoms with Gasteiger partial charge in [0.05, 0.1) is 33.3 Å². The minimum Gasteiger partial charge on any atom is -0.306 e. The number of carbonyl (C=O) groups is 1. The van der Waals surface area contributed by atoms with Crippen LogP contribution >= 0.6 is 23.2 Å². The second-order valence-electron chi connectivity index (χ2n) is 6.97. The van der Waals surface area contributed by atoms with Crippen LogP contribution in [0.15, 0.2) is 18.2 Å². The lowest BCUT2D eigenvalue weighted by molar-refractivity contribution is 0.102. The summed E-state index contributed by atoms with van der Waals surface area (Å²) in [5.41, 5.74) is 0.837. The molecule has 0 saturated carbocycles. The summed E-state index contributed by atoms with van der Waals surface area (Å²) in [7, 11) is -3.23. The highest BCUT2D eigenvalue weighted by molar-refractivity contribution is 7.90. The van der Waals surface area contributed by atoms with Gasteiger partial charge >= 0.3 is 0 Å². The predicted octanol–water partition coefficient (Wildman–Crippen LogP) is 3.63. The number of rotatable bonds is 2. The molecule has 2 aromatic rings. The Hall–Kier alpha value is -1.57. The largest absolute Gasteiger partial charge is 0.306 e. The van der Waals surface area contributed by atoms with Gasteiger partial charge in [0.1, 0.15) is 5.82 Å². The highest BCUT2D eigenvalue weighted by Gasteiger charge is 2.35. The molecule has 134 valence electrons. The number of fused-ring (bicyclic) bond motifs is 1. The number of aromatic nitrogens is 2. The summed E-state index contributed by atoms with van der Waals surface area (Å²) in [6.07, 6.45) is 0. The molecule has 0 saturated heterocycles. The van der Waals surface area contributed by atoms with Crippen LogP contribution in [0.4, 0.5) is 5.82 Å². The average Bonchev–Trinajstić information content (AvgIpc) is 2.91. The Bertz CT molecular complexity index is 975. The Morgan fingerprint density at radius 1 is 1.24 bits per heavy atom. The average molecular weight is 402 g/mol. The van der Waals surface area contributed by atoms with Crippen molar-refractivity contribution in [3.05, 3.63) is 45.1 Å². The van der Waals surface area contributed by atoms with Gasteiger partial charge in [-0.1, -0.05) is 23.2 Å². The zero-order chi connectivity index (χ0) is 18.6. The summed E-state index contributed by atoms with van der Waals surface area (Å²) in [6, 6.07) is 4.57. The van der Waals surface area contributed by atoms with E-state index in [-0.39, 0.29) is 22.1 Å². The zero-order valence-electron chi connectivity index (χ0n) is 13.9. The number of carbonyl (C=O) groups excluding carboxylic acids is 1. The molecule has 0 unspecified atom stereocenters. The Morgan fingerprint density at radius 3 is 2.52 bits per heavy atom. The Kier molecular flexibility index (Phi) is 4.38. The normalized spacial score (nSPS) is 15.9. The van der Waals surface area contributed by atoms with E-state index < -0.39 is 21.3 Å². The van der Waals surface area contributed by atoms with Crippen LogP contribution < -0.4 is 5.32 Å². The summed E-state index contributed by atoms with van der Waals surface area (Å²) < 4.78 is 25.5. The standard InChI is InChI=1S/C16H17Cl2N3O3S/c1-16(2,3)21-14(11-7-25(23,24)8-13(11)20-21)19-15(22)10-5-4-9(17)6-12(10)18/h4-6H,7-8H2,1-3H3,(H,19,22). The Morgan fingerprint density at radius 2 is 1.92 bits per heavy atom. The highest BCUT2D eigenvalue weighted by atomic mass is 35.5. The van der Waals surface area contributed by atoms with E-state index >= 15 is 0 Å². The molecule has 0 aliphatic carbocycles. The van der Waals surface area contributed by atoms with Crippen molar-refractivity contribution >= 4 is 44.8 Å². The molecule has 1 aliphatic heterocycles. The number of benzene rings is 1. The van der Waals surface area contributed by atoms with Crippen LogP contribution in [0.1, 0.15) is 42.4 Å². The molecule has 3 rings (SSSR count). The molecular weight excluding hydrogens is 385 g/mol. The van der Waals surface area contributed by atoms with E-state index in [1.54, 1.807) is 10.7 Å². The van der Waals surface area contributed by atoms with Gasteiger partial charge in [0.15, 0.2) is 9.84 Å². The van der Waals surface area contributed by atoms with Gasteiger partial charge in [0.2, 0.25) is 0 Å². The van der Waals surface area contributed by atoms with Crippen molar-refractivity contribution in [3.8, 4) is 0 Å². The van der Waals surface area contributed by atoms with Crippen LogP contribution in [0.25, 0.3) is 0 Å². The molecule has 1 N–H and O–H groups in total. The van der Waals surface area contributed by atoms with Crippen LogP contribution in [0.5, 0.6) is 0 Å². The van der Waals surface area contributed by atoms with Gasteiger partial charge in [0, 0.05) is 10.6 Å². The summed E-state index contributed by atoms with van der Waals surface area (Å²) in [5, 5.41) is 7.83. The number of hydrogen-bond donors (Lipinski definition) is 1. The maximum absolute atomic E-state index is 12.7. The fourth-order valence-electron chi connectivity index (χ4n) is 2.70. The molecule has 25 heavy (non-hydrogen) atoms. The number of nitrogens with one attached hydrogen (secondary N) is 1. The number of halogens is 2. The number of hydrogen-bond acceptors (Lipinski definition) is 4. The fourth-order valence-corrected chi connectivity index (χ4v) is 4.69. The van der Waals surface area contributed by atoms with E-state index in [0.717, 1.165) is 0 Å². The fraction of sp³-hybridized carbons (Fsp3) is 0.375. The third kappa shape index (κ3) is 3.54. The molecule has 1 aliphatic rings. The van der Waals surface area contributed by atoms with Gasteiger partial charge in [0.25, 0.3) is 5.91 Å². The Labute approximate surface area is 156 Å². The third-order valence-electron chi connectivity index (χ3n) is 3.83. The lowest BCUT2D eigenvalue weighted by Crippen LogP contribution is -2.27. The Balaban J connectivity index is 2.03. The van der Waals surface area contributed by atoms with Gasteiger partial charge in [-0.2, -0.15) is 5.10 Å². The molecule has 0 fully saturated rings. The van der Waals surface area contributed by atoms with Crippen LogP contribution in [0.2, 0.25) is 10.0 Å². The van der Waals surface area contributed by atoms with E-state index in [2.05, 4.69) is 10.4 Å². The summed E-state index contributed by atoms with van der Waals surface area (Å²) in [5.74, 6) is -0.308. The van der Waals surface area contributed by atoms with Crippen LogP contribution in [-0.4, -0.2) is 24.1 Å². The van der Waals surface area contributed by atoms with Crippen molar-refractivity contribution in [2.24, 2.45) is 0 Å². The molecule has 2 heterocycles. The number of sulfone groups is 1. The monoisotopic (exact) mass is 401 g/mol. The molecule has 9 heteroatoms. The maximum atomic E-state index is 12.7. The second kappa shape index (κ2) is 6.00. The molecular formula is C16H17Cl2N3O3S. The summed E-state index contributed by atoms with van der Waals surface area (Å²) in [6.45, 7) is 5.78. The molecule has 6 nitrogen and oxygen atoms in total. The van der Waals surface area contributed by atoms with E-state index in [1.165, 1.54) is 12.1 Å². The van der Waals surface area contributed by atoms with E-state index in [0.29, 0.717) is 22.1 Å². The summed E-state index contributed by atoms with van der Waals surface area (Å²) in [4.78, 5) is 12.7. The van der Waals surface area contributed by atoms with Crippen molar-refractivity contribution in [3.63, 3.8) is 0 Å². The van der Waals surface area contributed by atoms with Crippen LogP contribution in [0.3, 0.4) is 0 Å².